The smallest absolute Gasteiger partial charge is 0.162 e. The maximum atomic E-state index is 5.64. The van der Waals surface area contributed by atoms with Crippen molar-refractivity contribution in [3.8, 4) is 0 Å². The Labute approximate surface area is 114 Å². The molecule has 0 radical (unpaired) electrons. The van der Waals surface area contributed by atoms with Crippen molar-refractivity contribution in [2.24, 2.45) is 0 Å². The monoisotopic (exact) mass is 268 g/mol. The van der Waals surface area contributed by atoms with Crippen LogP contribution in [0.2, 0.25) is 0 Å². The summed E-state index contributed by atoms with van der Waals surface area (Å²) in [6, 6.07) is 4.36. The van der Waals surface area contributed by atoms with E-state index in [1.165, 1.54) is 0 Å². The van der Waals surface area contributed by atoms with E-state index in [1.54, 1.807) is 6.26 Å². The predicted molar refractivity (Wildman–Crippen MR) is 72.9 cm³/mol. The fourth-order valence-corrected chi connectivity index (χ4v) is 2.11. The Balaban J connectivity index is 1.83. The van der Waals surface area contributed by atoms with Crippen LogP contribution in [0.1, 0.15) is 25.6 Å². The van der Waals surface area contributed by atoms with Gasteiger partial charge in [-0.3, -0.25) is 4.90 Å². The van der Waals surface area contributed by atoms with Crippen LogP contribution in [0.3, 0.4) is 0 Å². The van der Waals surface area contributed by atoms with E-state index in [0.29, 0.717) is 13.2 Å². The van der Waals surface area contributed by atoms with Crippen LogP contribution in [0.5, 0.6) is 0 Å². The molecule has 1 saturated heterocycles. The van der Waals surface area contributed by atoms with Crippen LogP contribution in [-0.4, -0.2) is 50.6 Å². The van der Waals surface area contributed by atoms with Crippen LogP contribution < -0.4 is 5.32 Å². The molecule has 1 atom stereocenters. The van der Waals surface area contributed by atoms with Crippen LogP contribution in [0.25, 0.3) is 0 Å². The number of furan rings is 1. The highest BCUT2D eigenvalue weighted by atomic mass is 16.7. The first-order valence-corrected chi connectivity index (χ1v) is 6.69. The zero-order valence-corrected chi connectivity index (χ0v) is 12.2. The number of nitrogens with zero attached hydrogens (tertiary/aromatic N) is 1. The number of rotatable bonds is 5. The van der Waals surface area contributed by atoms with Gasteiger partial charge in [-0.1, -0.05) is 0 Å². The third kappa shape index (κ3) is 4.04. The molecule has 1 aromatic heterocycles. The third-order valence-electron chi connectivity index (χ3n) is 3.36. The van der Waals surface area contributed by atoms with Crippen molar-refractivity contribution in [3.05, 3.63) is 24.2 Å². The molecule has 1 unspecified atom stereocenters. The summed E-state index contributed by atoms with van der Waals surface area (Å²) < 4.78 is 16.8. The van der Waals surface area contributed by atoms with E-state index in [2.05, 4.69) is 10.2 Å². The summed E-state index contributed by atoms with van der Waals surface area (Å²) in [6.07, 6.45) is 1.71. The largest absolute Gasteiger partial charge is 0.468 e. The molecule has 1 aliphatic heterocycles. The summed E-state index contributed by atoms with van der Waals surface area (Å²) in [6.45, 7) is 6.03. The Kier molecular flexibility index (Phi) is 4.62. The van der Waals surface area contributed by atoms with E-state index in [4.69, 9.17) is 13.9 Å². The SMILES string of the molecule is CN(C)C(CNC1COC(C)(C)OC1)c1ccco1. The lowest BCUT2D eigenvalue weighted by Gasteiger charge is -2.36. The summed E-state index contributed by atoms with van der Waals surface area (Å²) >= 11 is 0. The molecule has 2 heterocycles. The minimum Gasteiger partial charge on any atom is -0.468 e. The van der Waals surface area contributed by atoms with Gasteiger partial charge in [0.15, 0.2) is 5.79 Å². The Hall–Kier alpha value is -0.880. The van der Waals surface area contributed by atoms with Gasteiger partial charge in [0, 0.05) is 6.54 Å². The van der Waals surface area contributed by atoms with Crippen molar-refractivity contribution in [1.29, 1.82) is 0 Å². The average Bonchev–Trinajstić information content (AvgIpc) is 2.84. The maximum Gasteiger partial charge on any atom is 0.162 e. The van der Waals surface area contributed by atoms with E-state index in [0.717, 1.165) is 12.3 Å². The molecule has 108 valence electrons. The van der Waals surface area contributed by atoms with Crippen LogP contribution in [0, 0.1) is 0 Å². The Morgan fingerprint density at radius 1 is 1.37 bits per heavy atom. The van der Waals surface area contributed by atoms with Gasteiger partial charge in [0.25, 0.3) is 0 Å². The quantitative estimate of drug-likeness (QED) is 0.879. The van der Waals surface area contributed by atoms with E-state index in [9.17, 15) is 0 Å². The molecule has 5 nitrogen and oxygen atoms in total. The van der Waals surface area contributed by atoms with Crippen molar-refractivity contribution in [2.75, 3.05) is 33.9 Å². The molecule has 0 bridgehead atoms. The van der Waals surface area contributed by atoms with E-state index < -0.39 is 5.79 Å². The lowest BCUT2D eigenvalue weighted by atomic mass is 10.2. The van der Waals surface area contributed by atoms with Crippen molar-refractivity contribution in [2.45, 2.75) is 31.7 Å². The second kappa shape index (κ2) is 6.05. The van der Waals surface area contributed by atoms with Gasteiger partial charge in [0.2, 0.25) is 0 Å². The maximum absolute atomic E-state index is 5.64. The van der Waals surface area contributed by atoms with Crippen LogP contribution in [0.15, 0.2) is 22.8 Å². The van der Waals surface area contributed by atoms with Crippen molar-refractivity contribution in [1.82, 2.24) is 10.2 Å². The molecule has 1 N–H and O–H groups in total. The molecule has 0 aromatic carbocycles. The van der Waals surface area contributed by atoms with Crippen LogP contribution in [0.4, 0.5) is 0 Å². The average molecular weight is 268 g/mol. The summed E-state index contributed by atoms with van der Waals surface area (Å²) in [5.74, 6) is 0.510. The van der Waals surface area contributed by atoms with Crippen molar-refractivity contribution >= 4 is 0 Å². The molecule has 2 rings (SSSR count). The number of nitrogens with one attached hydrogen (secondary N) is 1. The molecular weight excluding hydrogens is 244 g/mol. The molecule has 1 aromatic rings. The first kappa shape index (κ1) is 14.5. The molecule has 19 heavy (non-hydrogen) atoms. The number of hydrogen-bond acceptors (Lipinski definition) is 5. The van der Waals surface area contributed by atoms with Gasteiger partial charge in [0.1, 0.15) is 5.76 Å². The van der Waals surface area contributed by atoms with Gasteiger partial charge in [-0.15, -0.1) is 0 Å². The Morgan fingerprint density at radius 3 is 2.58 bits per heavy atom. The molecule has 1 aliphatic rings. The van der Waals surface area contributed by atoms with Crippen LogP contribution >= 0.6 is 0 Å². The number of likely N-dealkylation sites (N-methyl/N-ethyl adjacent to an activating group) is 1. The standard InChI is InChI=1S/C14H24N2O3/c1-14(2)18-9-11(10-19-14)15-8-12(16(3)4)13-6-5-7-17-13/h5-7,11-12,15H,8-10H2,1-4H3. The lowest BCUT2D eigenvalue weighted by molar-refractivity contribution is -0.253. The van der Waals surface area contributed by atoms with E-state index in [-0.39, 0.29) is 12.1 Å². The normalized spacial score (nSPS) is 21.7. The highest BCUT2D eigenvalue weighted by Gasteiger charge is 2.28. The van der Waals surface area contributed by atoms with Crippen molar-refractivity contribution in [3.63, 3.8) is 0 Å². The topological polar surface area (TPSA) is 46.9 Å². The zero-order valence-electron chi connectivity index (χ0n) is 12.2. The summed E-state index contributed by atoms with van der Waals surface area (Å²) in [5.41, 5.74) is 0. The molecule has 5 heteroatoms. The van der Waals surface area contributed by atoms with Crippen molar-refractivity contribution < 1.29 is 13.9 Å². The fraction of sp³-hybridized carbons (Fsp3) is 0.714. The number of hydrogen-bond donors (Lipinski definition) is 1. The van der Waals surface area contributed by atoms with E-state index in [1.807, 2.05) is 40.1 Å². The van der Waals surface area contributed by atoms with Gasteiger partial charge < -0.3 is 19.2 Å². The first-order chi connectivity index (χ1) is 8.98. The van der Waals surface area contributed by atoms with Gasteiger partial charge in [-0.05, 0) is 40.1 Å². The van der Waals surface area contributed by atoms with Gasteiger partial charge in [-0.25, -0.2) is 0 Å². The van der Waals surface area contributed by atoms with Gasteiger partial charge >= 0.3 is 0 Å². The second-order valence-electron chi connectivity index (χ2n) is 5.62. The molecule has 0 spiro atoms. The number of ether oxygens (including phenoxy) is 2. The Bertz CT molecular complexity index is 366. The minimum absolute atomic E-state index is 0.213. The minimum atomic E-state index is -0.458. The second-order valence-corrected chi connectivity index (χ2v) is 5.62. The highest BCUT2D eigenvalue weighted by molar-refractivity contribution is 5.05. The van der Waals surface area contributed by atoms with E-state index >= 15 is 0 Å². The molecule has 0 aliphatic carbocycles. The summed E-state index contributed by atoms with van der Waals surface area (Å²) in [5, 5.41) is 3.48. The zero-order chi connectivity index (χ0) is 13.9. The van der Waals surface area contributed by atoms with Gasteiger partial charge in [0.05, 0.1) is 31.6 Å². The lowest BCUT2D eigenvalue weighted by Crippen LogP contribution is -2.50. The summed E-state index contributed by atoms with van der Waals surface area (Å²) in [4.78, 5) is 2.14. The third-order valence-corrected chi connectivity index (χ3v) is 3.36. The predicted octanol–water partition coefficient (Wildman–Crippen LogP) is 1.62. The fourth-order valence-electron chi connectivity index (χ4n) is 2.11. The van der Waals surface area contributed by atoms with Crippen LogP contribution in [-0.2, 0) is 9.47 Å². The molecule has 1 fully saturated rings. The van der Waals surface area contributed by atoms with Gasteiger partial charge in [-0.2, -0.15) is 0 Å². The molecule has 0 amide bonds. The highest BCUT2D eigenvalue weighted by Crippen LogP contribution is 2.20. The Morgan fingerprint density at radius 2 is 2.05 bits per heavy atom. The summed E-state index contributed by atoms with van der Waals surface area (Å²) in [7, 11) is 4.09. The molecular formula is C14H24N2O3. The molecule has 0 saturated carbocycles. The first-order valence-electron chi connectivity index (χ1n) is 6.69.